The minimum Gasteiger partial charge on any atom is -0.464 e. The van der Waals surface area contributed by atoms with E-state index in [1.807, 2.05) is 24.3 Å². The number of rotatable bonds is 5. The van der Waals surface area contributed by atoms with Gasteiger partial charge in [-0.05, 0) is 51.7 Å². The second kappa shape index (κ2) is 8.43. The van der Waals surface area contributed by atoms with Gasteiger partial charge in [-0.15, -0.1) is 0 Å². The maximum Gasteiger partial charge on any atom is 0.355 e. The van der Waals surface area contributed by atoms with Gasteiger partial charge in [0.05, 0.1) is 12.7 Å². The minimum atomic E-state index is -0.697. The highest BCUT2D eigenvalue weighted by molar-refractivity contribution is 9.10. The summed E-state index contributed by atoms with van der Waals surface area (Å²) in [6.07, 6.45) is 0. The van der Waals surface area contributed by atoms with Crippen LogP contribution in [0.1, 0.15) is 47.3 Å². The molecule has 0 bridgehead atoms. The molecule has 1 atom stereocenters. The van der Waals surface area contributed by atoms with Crippen molar-refractivity contribution in [2.75, 3.05) is 12.4 Å². The second-order valence-corrected chi connectivity index (χ2v) is 8.33. The molecule has 1 N–H and O–H groups in total. The molecule has 1 aromatic heterocycles. The number of nitrogens with zero attached hydrogens (tertiary/aromatic N) is 4. The van der Waals surface area contributed by atoms with Crippen LogP contribution < -0.4 is 5.32 Å². The molecule has 1 aliphatic rings. The van der Waals surface area contributed by atoms with Crippen LogP contribution in [0.4, 0.5) is 5.95 Å². The number of tetrazole rings is 1. The standard InChI is InChI=1S/C22H20BrN5O3/c1-12(2)13-4-6-14(7-5-13)19-17(20(29)15-8-10-16(23)11-9-15)18(21(30)31-3)24-22-25-26-27-28(19)22/h4-12,19H,1-3H3,(H,24,25,27)/t19-/m0/s1. The maximum absolute atomic E-state index is 13.6. The number of nitrogens with one attached hydrogen (secondary N) is 1. The Morgan fingerprint density at radius 3 is 2.39 bits per heavy atom. The number of ketones is 1. The monoisotopic (exact) mass is 481 g/mol. The average molecular weight is 482 g/mol. The molecule has 0 saturated heterocycles. The molecular formula is C22H20BrN5O3. The number of carbonyl (C=O) groups is 2. The molecule has 2 aromatic carbocycles. The molecule has 158 valence electrons. The van der Waals surface area contributed by atoms with E-state index in [9.17, 15) is 9.59 Å². The van der Waals surface area contributed by atoms with Gasteiger partial charge in [-0.2, -0.15) is 4.68 Å². The molecule has 0 spiro atoms. The van der Waals surface area contributed by atoms with Crippen molar-refractivity contribution in [2.24, 2.45) is 0 Å². The van der Waals surface area contributed by atoms with Crippen LogP contribution in [-0.2, 0) is 9.53 Å². The Morgan fingerprint density at radius 2 is 1.77 bits per heavy atom. The molecule has 0 saturated carbocycles. The van der Waals surface area contributed by atoms with Crippen LogP contribution in [0, 0.1) is 0 Å². The summed E-state index contributed by atoms with van der Waals surface area (Å²) in [6.45, 7) is 4.22. The number of benzene rings is 2. The molecule has 8 nitrogen and oxygen atoms in total. The summed E-state index contributed by atoms with van der Waals surface area (Å²) in [5, 5.41) is 14.6. The van der Waals surface area contributed by atoms with Gasteiger partial charge in [-0.3, -0.25) is 4.79 Å². The fraction of sp³-hybridized carbons (Fsp3) is 0.227. The summed E-state index contributed by atoms with van der Waals surface area (Å²) in [5.41, 5.74) is 2.61. The predicted octanol–water partition coefficient (Wildman–Crippen LogP) is 3.88. The summed E-state index contributed by atoms with van der Waals surface area (Å²) in [6, 6.07) is 14.1. The lowest BCUT2D eigenvalue weighted by molar-refractivity contribution is -0.136. The van der Waals surface area contributed by atoms with Gasteiger partial charge in [-0.1, -0.05) is 59.1 Å². The normalized spacial score (nSPS) is 15.5. The zero-order valence-electron chi connectivity index (χ0n) is 17.2. The topological polar surface area (TPSA) is 99.0 Å². The van der Waals surface area contributed by atoms with Gasteiger partial charge in [0.1, 0.15) is 11.7 Å². The van der Waals surface area contributed by atoms with Crippen molar-refractivity contribution < 1.29 is 14.3 Å². The third kappa shape index (κ3) is 3.88. The molecular weight excluding hydrogens is 462 g/mol. The van der Waals surface area contributed by atoms with Crippen molar-refractivity contribution >= 4 is 33.6 Å². The number of hydrogen-bond acceptors (Lipinski definition) is 7. The lowest BCUT2D eigenvalue weighted by Crippen LogP contribution is -2.33. The van der Waals surface area contributed by atoms with Gasteiger partial charge in [0, 0.05) is 10.0 Å². The quantitative estimate of drug-likeness (QED) is 0.435. The van der Waals surface area contributed by atoms with E-state index in [0.29, 0.717) is 11.5 Å². The number of carbonyl (C=O) groups excluding carboxylic acids is 2. The predicted molar refractivity (Wildman–Crippen MR) is 118 cm³/mol. The highest BCUT2D eigenvalue weighted by Gasteiger charge is 2.38. The Hall–Kier alpha value is -3.33. The van der Waals surface area contributed by atoms with Crippen molar-refractivity contribution in [3.8, 4) is 0 Å². The Morgan fingerprint density at radius 1 is 1.10 bits per heavy atom. The summed E-state index contributed by atoms with van der Waals surface area (Å²) < 4.78 is 7.30. The number of fused-ring (bicyclic) bond motifs is 1. The van der Waals surface area contributed by atoms with E-state index in [1.165, 1.54) is 11.8 Å². The Kier molecular flexibility index (Phi) is 5.69. The van der Waals surface area contributed by atoms with Crippen molar-refractivity contribution in [3.05, 3.63) is 81.0 Å². The van der Waals surface area contributed by atoms with Crippen molar-refractivity contribution in [1.29, 1.82) is 0 Å². The van der Waals surface area contributed by atoms with Crippen LogP contribution in [0.5, 0.6) is 0 Å². The van der Waals surface area contributed by atoms with Gasteiger partial charge in [0.15, 0.2) is 5.78 Å². The first-order chi connectivity index (χ1) is 14.9. The molecule has 3 aromatic rings. The molecule has 0 radical (unpaired) electrons. The van der Waals surface area contributed by atoms with E-state index in [2.05, 4.69) is 50.6 Å². The van der Waals surface area contributed by atoms with Gasteiger partial charge in [0.2, 0.25) is 5.95 Å². The number of methoxy groups -OCH3 is 1. The lowest BCUT2D eigenvalue weighted by atomic mass is 9.88. The summed E-state index contributed by atoms with van der Waals surface area (Å²) in [7, 11) is 1.27. The van der Waals surface area contributed by atoms with Gasteiger partial charge < -0.3 is 10.1 Å². The second-order valence-electron chi connectivity index (χ2n) is 7.41. The third-order valence-corrected chi connectivity index (χ3v) is 5.71. The third-order valence-electron chi connectivity index (χ3n) is 5.18. The largest absolute Gasteiger partial charge is 0.464 e. The van der Waals surface area contributed by atoms with E-state index in [0.717, 1.165) is 15.6 Å². The first-order valence-electron chi connectivity index (χ1n) is 9.68. The number of Topliss-reactive ketones (excluding diaryl/α,β-unsaturated/α-hetero) is 1. The SMILES string of the molecule is COC(=O)C1=C(C(=O)c2ccc(Br)cc2)[C@H](c2ccc(C(C)C)cc2)n2nnnc2N1. The van der Waals surface area contributed by atoms with Crippen molar-refractivity contribution in [1.82, 2.24) is 20.2 Å². The minimum absolute atomic E-state index is 0.0238. The molecule has 31 heavy (non-hydrogen) atoms. The summed E-state index contributed by atoms with van der Waals surface area (Å²) in [5.74, 6) is -0.376. The van der Waals surface area contributed by atoms with Crippen molar-refractivity contribution in [2.45, 2.75) is 25.8 Å². The highest BCUT2D eigenvalue weighted by Crippen LogP contribution is 2.37. The summed E-state index contributed by atoms with van der Waals surface area (Å²) >= 11 is 3.38. The fourth-order valence-electron chi connectivity index (χ4n) is 3.52. The molecule has 4 rings (SSSR count). The Labute approximate surface area is 187 Å². The summed E-state index contributed by atoms with van der Waals surface area (Å²) in [4.78, 5) is 26.3. The van der Waals surface area contributed by atoms with Gasteiger partial charge in [-0.25, -0.2) is 4.79 Å². The molecule has 0 unspecified atom stereocenters. The van der Waals surface area contributed by atoms with E-state index < -0.39 is 12.0 Å². The van der Waals surface area contributed by atoms with E-state index in [1.54, 1.807) is 24.3 Å². The van der Waals surface area contributed by atoms with Crippen LogP contribution in [0.25, 0.3) is 0 Å². The highest BCUT2D eigenvalue weighted by atomic mass is 79.9. The molecule has 0 amide bonds. The van der Waals surface area contributed by atoms with Crippen LogP contribution >= 0.6 is 15.9 Å². The fourth-order valence-corrected chi connectivity index (χ4v) is 3.78. The van der Waals surface area contributed by atoms with E-state index in [-0.39, 0.29) is 23.0 Å². The number of aromatic nitrogens is 4. The first kappa shape index (κ1) is 20.9. The smallest absolute Gasteiger partial charge is 0.355 e. The molecule has 1 aliphatic heterocycles. The van der Waals surface area contributed by atoms with E-state index in [4.69, 9.17) is 4.74 Å². The Bertz CT molecular complexity index is 1170. The zero-order valence-corrected chi connectivity index (χ0v) is 18.8. The van der Waals surface area contributed by atoms with E-state index >= 15 is 0 Å². The first-order valence-corrected chi connectivity index (χ1v) is 10.5. The molecule has 0 fully saturated rings. The van der Waals surface area contributed by atoms with Gasteiger partial charge >= 0.3 is 5.97 Å². The number of ether oxygens (including phenoxy) is 1. The van der Waals surface area contributed by atoms with Gasteiger partial charge in [0.25, 0.3) is 0 Å². The molecule has 2 heterocycles. The number of esters is 1. The zero-order chi connectivity index (χ0) is 22.1. The molecule has 9 heteroatoms. The number of hydrogen-bond donors (Lipinski definition) is 1. The maximum atomic E-state index is 13.6. The Balaban J connectivity index is 1.91. The number of anilines is 1. The lowest BCUT2D eigenvalue weighted by Gasteiger charge is -2.28. The number of halogens is 1. The van der Waals surface area contributed by atoms with Crippen LogP contribution in [-0.4, -0.2) is 39.1 Å². The van der Waals surface area contributed by atoms with Crippen LogP contribution in [0.2, 0.25) is 0 Å². The molecule has 0 aliphatic carbocycles. The van der Waals surface area contributed by atoms with Crippen molar-refractivity contribution in [3.63, 3.8) is 0 Å². The van der Waals surface area contributed by atoms with Crippen LogP contribution in [0.3, 0.4) is 0 Å². The number of allylic oxidation sites excluding steroid dienone is 1. The van der Waals surface area contributed by atoms with Crippen LogP contribution in [0.15, 0.2) is 64.3 Å². The average Bonchev–Trinajstić information content (AvgIpc) is 3.25.